The van der Waals surface area contributed by atoms with Crippen molar-refractivity contribution in [3.63, 3.8) is 0 Å². The molecule has 9 heteroatoms. The smallest absolute Gasteiger partial charge is 0.291 e. The number of hydrogen-bond donors (Lipinski definition) is 3. The minimum Gasteiger partial charge on any atom is -0.507 e. The fourth-order valence-electron chi connectivity index (χ4n) is 3.61. The molecule has 7 nitrogen and oxygen atoms in total. The lowest BCUT2D eigenvalue weighted by Crippen LogP contribution is -2.22. The van der Waals surface area contributed by atoms with E-state index < -0.39 is 11.8 Å². The number of halogens is 2. The van der Waals surface area contributed by atoms with Crippen molar-refractivity contribution >= 4 is 46.4 Å². The van der Waals surface area contributed by atoms with E-state index in [0.717, 1.165) is 6.42 Å². The first-order valence-electron chi connectivity index (χ1n) is 9.89. The lowest BCUT2D eigenvalue weighted by Gasteiger charge is -2.13. The zero-order valence-corrected chi connectivity index (χ0v) is 18.5. The molecule has 4 rings (SSSR count). The second kappa shape index (κ2) is 9.06. The van der Waals surface area contributed by atoms with E-state index >= 15 is 0 Å². The molecule has 0 radical (unpaired) electrons. The van der Waals surface area contributed by atoms with Crippen LogP contribution in [0.4, 0.5) is 5.69 Å². The summed E-state index contributed by atoms with van der Waals surface area (Å²) in [5.41, 5.74) is 4.91. The first-order valence-corrected chi connectivity index (χ1v) is 10.6. The molecule has 0 spiro atoms. The molecule has 0 aliphatic heterocycles. The van der Waals surface area contributed by atoms with Crippen molar-refractivity contribution in [3.8, 4) is 5.75 Å². The van der Waals surface area contributed by atoms with Crippen LogP contribution in [-0.2, 0) is 6.42 Å². The third-order valence-corrected chi connectivity index (χ3v) is 5.71. The summed E-state index contributed by atoms with van der Waals surface area (Å²) in [6.45, 7) is 1.77. The van der Waals surface area contributed by atoms with Gasteiger partial charge in [-0.1, -0.05) is 35.3 Å². The molecule has 1 heterocycles. The molecule has 0 atom stereocenters. The number of para-hydroxylation sites is 1. The molecular weight excluding hydrogens is 453 g/mol. The average Bonchev–Trinajstić information content (AvgIpc) is 3.12. The number of nitrogens with one attached hydrogen (secondary N) is 2. The Labute approximate surface area is 194 Å². The number of nitrogens with zero attached hydrogens (tertiary/aromatic N) is 1. The predicted octanol–water partition coefficient (Wildman–Crippen LogP) is 5.32. The highest BCUT2D eigenvalue weighted by Gasteiger charge is 2.28. The minimum absolute atomic E-state index is 0.121. The summed E-state index contributed by atoms with van der Waals surface area (Å²) < 4.78 is 5.86. The fourth-order valence-corrected chi connectivity index (χ4v) is 3.95. The molecule has 0 fully saturated rings. The molecule has 1 aliphatic rings. The lowest BCUT2D eigenvalue weighted by atomic mass is 9.93. The van der Waals surface area contributed by atoms with E-state index in [4.69, 9.17) is 27.6 Å². The lowest BCUT2D eigenvalue weighted by molar-refractivity contribution is 0.0950. The maximum atomic E-state index is 12.9. The second-order valence-corrected chi connectivity index (χ2v) is 8.15. The molecule has 0 saturated heterocycles. The van der Waals surface area contributed by atoms with E-state index in [1.54, 1.807) is 37.3 Å². The number of aryl methyl sites for hydroxylation is 1. The van der Waals surface area contributed by atoms with Crippen LogP contribution in [0, 0.1) is 6.92 Å². The van der Waals surface area contributed by atoms with Crippen molar-refractivity contribution < 1.29 is 19.1 Å². The van der Waals surface area contributed by atoms with Gasteiger partial charge >= 0.3 is 0 Å². The summed E-state index contributed by atoms with van der Waals surface area (Å²) in [5.74, 6) is -0.344. The molecule has 0 unspecified atom stereocenters. The number of furan rings is 1. The van der Waals surface area contributed by atoms with Gasteiger partial charge in [0.15, 0.2) is 5.76 Å². The second-order valence-electron chi connectivity index (χ2n) is 7.30. The van der Waals surface area contributed by atoms with Gasteiger partial charge in [0.1, 0.15) is 11.5 Å². The molecule has 0 bridgehead atoms. The van der Waals surface area contributed by atoms with E-state index in [-0.39, 0.29) is 17.1 Å². The Morgan fingerprint density at radius 1 is 1.09 bits per heavy atom. The summed E-state index contributed by atoms with van der Waals surface area (Å²) in [6.07, 6.45) is 2.01. The van der Waals surface area contributed by atoms with Crippen LogP contribution in [0.2, 0.25) is 10.0 Å². The van der Waals surface area contributed by atoms with Crippen LogP contribution in [0.25, 0.3) is 0 Å². The van der Waals surface area contributed by atoms with Crippen LogP contribution in [0.5, 0.6) is 5.75 Å². The van der Waals surface area contributed by atoms with Crippen LogP contribution < -0.4 is 10.7 Å². The number of amides is 2. The molecular formula is C23H19Cl2N3O4. The van der Waals surface area contributed by atoms with E-state index in [2.05, 4.69) is 15.8 Å². The first-order chi connectivity index (χ1) is 15.3. The first kappa shape index (κ1) is 21.9. The van der Waals surface area contributed by atoms with Gasteiger partial charge in [0.25, 0.3) is 11.8 Å². The highest BCUT2D eigenvalue weighted by atomic mass is 35.5. The molecule has 32 heavy (non-hydrogen) atoms. The molecule has 3 aromatic rings. The van der Waals surface area contributed by atoms with Crippen molar-refractivity contribution in [1.82, 2.24) is 5.43 Å². The van der Waals surface area contributed by atoms with Crippen LogP contribution in [-0.4, -0.2) is 22.6 Å². The van der Waals surface area contributed by atoms with Crippen molar-refractivity contribution in [2.75, 3.05) is 5.32 Å². The molecule has 1 aliphatic carbocycles. The number of rotatable bonds is 4. The van der Waals surface area contributed by atoms with Gasteiger partial charge in [0.2, 0.25) is 0 Å². The Morgan fingerprint density at radius 3 is 2.66 bits per heavy atom. The van der Waals surface area contributed by atoms with Crippen molar-refractivity contribution in [2.45, 2.75) is 26.2 Å². The zero-order chi connectivity index (χ0) is 22.8. The number of carbonyl (C=O) groups is 2. The monoisotopic (exact) mass is 471 g/mol. The highest BCUT2D eigenvalue weighted by molar-refractivity contribution is 6.35. The van der Waals surface area contributed by atoms with Gasteiger partial charge in [-0.25, -0.2) is 5.43 Å². The van der Waals surface area contributed by atoms with Crippen molar-refractivity contribution in [2.24, 2.45) is 5.10 Å². The molecule has 0 saturated carbocycles. The molecule has 2 amide bonds. The molecule has 164 valence electrons. The Morgan fingerprint density at radius 2 is 1.88 bits per heavy atom. The van der Waals surface area contributed by atoms with Crippen LogP contribution in [0.1, 0.15) is 50.6 Å². The van der Waals surface area contributed by atoms with Gasteiger partial charge in [0, 0.05) is 22.6 Å². The van der Waals surface area contributed by atoms with Gasteiger partial charge in [-0.05, 0) is 50.1 Å². The predicted molar refractivity (Wildman–Crippen MR) is 123 cm³/mol. The summed E-state index contributed by atoms with van der Waals surface area (Å²) in [5, 5.41) is 17.6. The Balaban J connectivity index is 1.59. The zero-order valence-electron chi connectivity index (χ0n) is 17.0. The Kier molecular flexibility index (Phi) is 6.21. The van der Waals surface area contributed by atoms with E-state index in [9.17, 15) is 14.7 Å². The number of carbonyl (C=O) groups excluding carboxylic acids is 2. The van der Waals surface area contributed by atoms with Gasteiger partial charge in [-0.3, -0.25) is 9.59 Å². The van der Waals surface area contributed by atoms with Crippen molar-refractivity contribution in [1.29, 1.82) is 0 Å². The minimum atomic E-state index is -0.530. The number of fused-ring (bicyclic) bond motifs is 1. The van der Waals surface area contributed by atoms with Crippen molar-refractivity contribution in [3.05, 3.63) is 80.7 Å². The van der Waals surface area contributed by atoms with Gasteiger partial charge in [-0.2, -0.15) is 5.10 Å². The van der Waals surface area contributed by atoms with E-state index in [0.29, 0.717) is 51.2 Å². The maximum absolute atomic E-state index is 12.9. The quantitative estimate of drug-likeness (QED) is 0.447. The van der Waals surface area contributed by atoms with Gasteiger partial charge in [0.05, 0.1) is 22.0 Å². The topological polar surface area (TPSA) is 104 Å². The maximum Gasteiger partial charge on any atom is 0.291 e. The molecule has 3 N–H and O–H groups in total. The number of hydrazone groups is 1. The summed E-state index contributed by atoms with van der Waals surface area (Å²) in [6, 6.07) is 11.0. The van der Waals surface area contributed by atoms with Gasteiger partial charge < -0.3 is 14.8 Å². The number of benzene rings is 2. The number of anilines is 1. The number of hydrogen-bond acceptors (Lipinski definition) is 5. The fraction of sp³-hybridized carbons (Fsp3) is 0.174. The van der Waals surface area contributed by atoms with Crippen LogP contribution in [0.3, 0.4) is 0 Å². The number of phenolic OH excluding ortho intramolecular Hbond substituents is 1. The SMILES string of the molecule is Cc1c(C(=O)Nc2cc(Cl)ccc2Cl)oc2c1/C(=N/NC(=O)c1ccccc1O)CCC2. The third-order valence-electron chi connectivity index (χ3n) is 5.15. The average molecular weight is 472 g/mol. The van der Waals surface area contributed by atoms with E-state index in [1.807, 2.05) is 0 Å². The normalized spacial score (nSPS) is 14.2. The van der Waals surface area contributed by atoms with E-state index in [1.165, 1.54) is 12.1 Å². The highest BCUT2D eigenvalue weighted by Crippen LogP contribution is 2.31. The number of phenols is 1. The largest absolute Gasteiger partial charge is 0.507 e. The molecule has 2 aromatic carbocycles. The Bertz CT molecular complexity index is 1250. The number of aromatic hydroxyl groups is 1. The molecule has 1 aromatic heterocycles. The Hall–Kier alpha value is -3.29. The van der Waals surface area contributed by atoms with Gasteiger partial charge in [-0.15, -0.1) is 0 Å². The summed E-state index contributed by atoms with van der Waals surface area (Å²) in [7, 11) is 0. The summed E-state index contributed by atoms with van der Waals surface area (Å²) >= 11 is 12.1. The standard InChI is InChI=1S/C23H19Cl2N3O4/c1-12-20-16(27-28-22(30)14-5-2-3-7-18(14)29)6-4-8-19(20)32-21(12)23(31)26-17-11-13(24)9-10-15(17)25/h2-3,5,7,9-11,29H,4,6,8H2,1H3,(H,26,31)(H,28,30)/b27-16+. The third kappa shape index (κ3) is 4.35. The van der Waals surface area contributed by atoms with Crippen LogP contribution in [0.15, 0.2) is 52.0 Å². The summed E-state index contributed by atoms with van der Waals surface area (Å²) in [4.78, 5) is 25.3. The van der Waals surface area contributed by atoms with Crippen LogP contribution >= 0.6 is 23.2 Å².